The fourth-order valence-electron chi connectivity index (χ4n) is 1.77. The molecule has 0 aliphatic carbocycles. The lowest BCUT2D eigenvalue weighted by Crippen LogP contribution is -2.16. The minimum Gasteiger partial charge on any atom is -0.319 e. The molecule has 5 nitrogen and oxygen atoms in total. The molecule has 0 saturated heterocycles. The van der Waals surface area contributed by atoms with Gasteiger partial charge in [-0.25, -0.2) is 15.2 Å². The molecule has 0 spiro atoms. The van der Waals surface area contributed by atoms with Crippen LogP contribution in [0.2, 0.25) is 5.02 Å². The number of nitrogens with zero attached hydrogens (tertiary/aromatic N) is 1. The van der Waals surface area contributed by atoms with Gasteiger partial charge in [0, 0.05) is 11.3 Å². The smallest absolute Gasteiger partial charge is 0.255 e. The van der Waals surface area contributed by atoms with Gasteiger partial charge in [-0.2, -0.15) is 0 Å². The molecule has 4 N–H and O–H groups in total. The minimum absolute atomic E-state index is 0.0182. The van der Waals surface area contributed by atoms with Crippen LogP contribution in [0.25, 0.3) is 0 Å². The normalized spacial score (nSPS) is 10.3. The Morgan fingerprint density at radius 2 is 2.19 bits per heavy atom. The summed E-state index contributed by atoms with van der Waals surface area (Å²) in [6, 6.07) is 7.50. The Hall–Kier alpha value is -2.18. The highest BCUT2D eigenvalue weighted by Crippen LogP contribution is 2.23. The zero-order chi connectivity index (χ0) is 15.4. The van der Waals surface area contributed by atoms with Gasteiger partial charge in [0.2, 0.25) is 0 Å². The number of carbonyl (C=O) groups is 1. The first kappa shape index (κ1) is 15.2. The zero-order valence-electron chi connectivity index (χ0n) is 11.3. The number of carbonyl (C=O) groups excluding carboxylic acids is 1. The Balaban J connectivity index is 2.30. The number of halogens is 2. The summed E-state index contributed by atoms with van der Waals surface area (Å²) in [5, 5.41) is 2.42. The van der Waals surface area contributed by atoms with Crippen molar-refractivity contribution >= 4 is 29.0 Å². The summed E-state index contributed by atoms with van der Waals surface area (Å²) in [5.41, 5.74) is 3.44. The largest absolute Gasteiger partial charge is 0.319 e. The van der Waals surface area contributed by atoms with E-state index < -0.39 is 11.7 Å². The molecule has 2 aromatic rings. The first-order valence-electron chi connectivity index (χ1n) is 6.28. The van der Waals surface area contributed by atoms with Crippen LogP contribution < -0.4 is 16.6 Å². The second-order valence-corrected chi connectivity index (χ2v) is 4.69. The fourth-order valence-corrected chi connectivity index (χ4v) is 1.94. The quantitative estimate of drug-likeness (QED) is 0.599. The number of amides is 1. The average molecular weight is 309 g/mol. The molecule has 0 aliphatic heterocycles. The summed E-state index contributed by atoms with van der Waals surface area (Å²) >= 11 is 5.68. The molecule has 110 valence electrons. The van der Waals surface area contributed by atoms with E-state index in [-0.39, 0.29) is 10.7 Å². The number of nitrogens with two attached hydrogens (primary N) is 1. The molecule has 7 heteroatoms. The number of nitrogens with one attached hydrogen (secondary N) is 2. The van der Waals surface area contributed by atoms with E-state index >= 15 is 0 Å². The summed E-state index contributed by atoms with van der Waals surface area (Å²) in [5.74, 6) is 4.54. The summed E-state index contributed by atoms with van der Waals surface area (Å²) in [7, 11) is 0. The number of hydrogen-bond acceptors (Lipinski definition) is 4. The van der Waals surface area contributed by atoms with Crippen molar-refractivity contribution in [2.75, 3.05) is 10.7 Å². The van der Waals surface area contributed by atoms with Gasteiger partial charge in [-0.1, -0.05) is 24.6 Å². The van der Waals surface area contributed by atoms with E-state index in [2.05, 4.69) is 15.7 Å². The van der Waals surface area contributed by atoms with Gasteiger partial charge in [0.25, 0.3) is 5.91 Å². The Morgan fingerprint density at radius 3 is 2.86 bits per heavy atom. The molecular formula is C14H14ClFN4O. The lowest BCUT2D eigenvalue weighted by molar-refractivity contribution is 0.102. The maximum absolute atomic E-state index is 13.8. The molecular weight excluding hydrogens is 295 g/mol. The van der Waals surface area contributed by atoms with E-state index in [1.54, 1.807) is 12.1 Å². The summed E-state index contributed by atoms with van der Waals surface area (Å²) < 4.78 is 13.8. The third-order valence-electron chi connectivity index (χ3n) is 2.85. The Labute approximate surface area is 126 Å². The van der Waals surface area contributed by atoms with Gasteiger partial charge < -0.3 is 10.7 Å². The van der Waals surface area contributed by atoms with E-state index in [0.717, 1.165) is 0 Å². The van der Waals surface area contributed by atoms with E-state index in [1.165, 1.54) is 18.2 Å². The molecule has 2 rings (SSSR count). The van der Waals surface area contributed by atoms with E-state index in [1.807, 2.05) is 6.92 Å². The topological polar surface area (TPSA) is 80.0 Å². The van der Waals surface area contributed by atoms with Crippen molar-refractivity contribution in [1.29, 1.82) is 0 Å². The molecule has 0 bridgehead atoms. The van der Waals surface area contributed by atoms with Crippen LogP contribution >= 0.6 is 11.6 Å². The van der Waals surface area contributed by atoms with Crippen LogP contribution in [-0.4, -0.2) is 10.9 Å². The summed E-state index contributed by atoms with van der Waals surface area (Å²) in [6.45, 7) is 1.90. The molecule has 0 fully saturated rings. The highest BCUT2D eigenvalue weighted by atomic mass is 35.5. The lowest BCUT2D eigenvalue weighted by atomic mass is 10.1. The van der Waals surface area contributed by atoms with Crippen LogP contribution in [0, 0.1) is 5.82 Å². The van der Waals surface area contributed by atoms with Gasteiger partial charge >= 0.3 is 0 Å². The second kappa shape index (κ2) is 6.51. The standard InChI is InChI=1S/C14H14ClFN4O/c1-2-9-6-8(7-12(18-9)20-17)14(21)19-11-5-3-4-10(15)13(11)16/h3-7H,2,17H2,1H3,(H,18,20)(H,19,21). The van der Waals surface area contributed by atoms with Crippen molar-refractivity contribution < 1.29 is 9.18 Å². The van der Waals surface area contributed by atoms with Crippen molar-refractivity contribution in [1.82, 2.24) is 4.98 Å². The number of aromatic nitrogens is 1. The fraction of sp³-hybridized carbons (Fsp3) is 0.143. The maximum atomic E-state index is 13.8. The molecule has 1 amide bonds. The van der Waals surface area contributed by atoms with E-state index in [9.17, 15) is 9.18 Å². The van der Waals surface area contributed by atoms with Gasteiger partial charge in [-0.3, -0.25) is 4.79 Å². The van der Waals surface area contributed by atoms with Crippen LogP contribution in [0.5, 0.6) is 0 Å². The second-order valence-electron chi connectivity index (χ2n) is 4.29. The van der Waals surface area contributed by atoms with Gasteiger partial charge in [-0.05, 0) is 30.7 Å². The molecule has 0 radical (unpaired) electrons. The van der Waals surface area contributed by atoms with Crippen molar-refractivity contribution in [3.8, 4) is 0 Å². The molecule has 0 aliphatic rings. The van der Waals surface area contributed by atoms with Gasteiger partial charge in [0.1, 0.15) is 5.82 Å². The number of hydrazine groups is 1. The molecule has 0 atom stereocenters. The minimum atomic E-state index is -0.672. The lowest BCUT2D eigenvalue weighted by Gasteiger charge is -2.09. The van der Waals surface area contributed by atoms with Gasteiger partial charge in [0.05, 0.1) is 10.7 Å². The third-order valence-corrected chi connectivity index (χ3v) is 3.14. The van der Waals surface area contributed by atoms with E-state index in [0.29, 0.717) is 23.5 Å². The Bertz CT molecular complexity index is 656. The highest BCUT2D eigenvalue weighted by molar-refractivity contribution is 6.31. The molecule has 1 aromatic carbocycles. The monoisotopic (exact) mass is 308 g/mol. The average Bonchev–Trinajstić information content (AvgIpc) is 2.51. The van der Waals surface area contributed by atoms with Crippen LogP contribution in [0.1, 0.15) is 23.0 Å². The first-order valence-corrected chi connectivity index (χ1v) is 6.66. The molecule has 0 unspecified atom stereocenters. The number of aryl methyl sites for hydroxylation is 1. The number of pyridine rings is 1. The highest BCUT2D eigenvalue weighted by Gasteiger charge is 2.13. The van der Waals surface area contributed by atoms with E-state index in [4.69, 9.17) is 17.4 Å². The van der Waals surface area contributed by atoms with Crippen molar-refractivity contribution in [2.24, 2.45) is 5.84 Å². The van der Waals surface area contributed by atoms with Crippen LogP contribution in [0.4, 0.5) is 15.9 Å². The Morgan fingerprint density at radius 1 is 1.43 bits per heavy atom. The van der Waals surface area contributed by atoms with Crippen molar-refractivity contribution in [2.45, 2.75) is 13.3 Å². The van der Waals surface area contributed by atoms with Crippen molar-refractivity contribution in [3.63, 3.8) is 0 Å². The Kier molecular flexibility index (Phi) is 4.72. The molecule has 0 saturated carbocycles. The SMILES string of the molecule is CCc1cc(C(=O)Nc2cccc(Cl)c2F)cc(NN)n1. The molecule has 1 heterocycles. The van der Waals surface area contributed by atoms with Crippen LogP contribution in [0.3, 0.4) is 0 Å². The molecule has 1 aromatic heterocycles. The van der Waals surface area contributed by atoms with Crippen LogP contribution in [-0.2, 0) is 6.42 Å². The number of nitrogen functional groups attached to an aromatic ring is 1. The van der Waals surface area contributed by atoms with Crippen molar-refractivity contribution in [3.05, 3.63) is 52.4 Å². The predicted molar refractivity (Wildman–Crippen MR) is 80.8 cm³/mol. The summed E-state index contributed by atoms with van der Waals surface area (Å²) in [6.07, 6.45) is 0.640. The first-order chi connectivity index (χ1) is 10.0. The predicted octanol–water partition coefficient (Wildman–Crippen LogP) is 2.97. The zero-order valence-corrected chi connectivity index (χ0v) is 12.0. The van der Waals surface area contributed by atoms with Crippen LogP contribution in [0.15, 0.2) is 30.3 Å². The third kappa shape index (κ3) is 3.48. The maximum Gasteiger partial charge on any atom is 0.255 e. The number of anilines is 2. The van der Waals surface area contributed by atoms with Gasteiger partial charge in [-0.15, -0.1) is 0 Å². The molecule has 21 heavy (non-hydrogen) atoms. The number of rotatable bonds is 4. The summed E-state index contributed by atoms with van der Waals surface area (Å²) in [4.78, 5) is 16.4. The number of hydrogen-bond donors (Lipinski definition) is 3. The van der Waals surface area contributed by atoms with Gasteiger partial charge in [0.15, 0.2) is 5.82 Å². The number of benzene rings is 1.